The van der Waals surface area contributed by atoms with Crippen LogP contribution in [0.3, 0.4) is 0 Å². The zero-order valence-electron chi connectivity index (χ0n) is 9.78. The maximum atomic E-state index is 9.33. The van der Waals surface area contributed by atoms with Gasteiger partial charge in [-0.2, -0.15) is 5.10 Å². The molecule has 7 heteroatoms. The third-order valence-corrected chi connectivity index (χ3v) is 2.48. The number of nitrogens with one attached hydrogen (secondary N) is 2. The highest BCUT2D eigenvalue weighted by atomic mass is 16.3. The predicted molar refractivity (Wildman–Crippen MR) is 71.0 cm³/mol. The highest BCUT2D eigenvalue weighted by Gasteiger charge is 2.03. The Morgan fingerprint density at radius 3 is 3.11 bits per heavy atom. The molecule has 3 N–H and O–H groups in total. The van der Waals surface area contributed by atoms with Gasteiger partial charge in [0.2, 0.25) is 0 Å². The van der Waals surface area contributed by atoms with Crippen LogP contribution in [-0.4, -0.2) is 31.3 Å². The van der Waals surface area contributed by atoms with Crippen molar-refractivity contribution in [1.29, 1.82) is 0 Å². The molecule has 0 fully saturated rings. The van der Waals surface area contributed by atoms with Crippen LogP contribution in [0, 0.1) is 0 Å². The molecule has 3 rings (SSSR count). The number of hydrogen-bond acceptors (Lipinski definition) is 6. The summed E-state index contributed by atoms with van der Waals surface area (Å²) < 4.78 is 0. The van der Waals surface area contributed by atoms with Crippen LogP contribution < -0.4 is 5.43 Å². The molecule has 0 saturated carbocycles. The summed E-state index contributed by atoms with van der Waals surface area (Å²) in [6.07, 6.45) is 4.54. The molecule has 0 spiro atoms. The molecule has 0 saturated heterocycles. The van der Waals surface area contributed by atoms with Gasteiger partial charge in [-0.15, -0.1) is 0 Å². The molecule has 0 aliphatic rings. The molecule has 0 unspecified atom stereocenters. The number of imidazole rings is 1. The van der Waals surface area contributed by atoms with Gasteiger partial charge in [-0.05, 0) is 17.7 Å². The molecule has 1 aromatic carbocycles. The van der Waals surface area contributed by atoms with Crippen LogP contribution in [0.5, 0.6) is 5.75 Å². The summed E-state index contributed by atoms with van der Waals surface area (Å²) in [5.74, 6) is 0.737. The topological polar surface area (TPSA) is 99.1 Å². The Hall–Kier alpha value is -2.96. The number of H-pyrrole nitrogens is 1. The first kappa shape index (κ1) is 11.1. The molecular weight excluding hydrogens is 244 g/mol. The largest absolute Gasteiger partial charge is 0.508 e. The molecular formula is C12H10N6O. The van der Waals surface area contributed by atoms with Gasteiger partial charge < -0.3 is 10.1 Å². The van der Waals surface area contributed by atoms with E-state index in [9.17, 15) is 5.11 Å². The van der Waals surface area contributed by atoms with E-state index in [-0.39, 0.29) is 5.75 Å². The average Bonchev–Trinajstić information content (AvgIpc) is 2.88. The first-order valence-electron chi connectivity index (χ1n) is 5.55. The number of aromatic hydroxyl groups is 1. The van der Waals surface area contributed by atoms with Crippen LogP contribution >= 0.6 is 0 Å². The normalized spacial score (nSPS) is 11.2. The Labute approximate surface area is 108 Å². The number of anilines is 1. The summed E-state index contributed by atoms with van der Waals surface area (Å²) in [5.41, 5.74) is 4.85. The first-order chi connectivity index (χ1) is 9.33. The number of hydrazone groups is 1. The number of phenols is 1. The number of hydrogen-bond donors (Lipinski definition) is 3. The lowest BCUT2D eigenvalue weighted by molar-refractivity contribution is 0.475. The van der Waals surface area contributed by atoms with E-state index in [1.807, 2.05) is 6.07 Å². The van der Waals surface area contributed by atoms with Crippen molar-refractivity contribution in [2.75, 3.05) is 5.43 Å². The lowest BCUT2D eigenvalue weighted by Crippen LogP contribution is -1.95. The fraction of sp³-hybridized carbons (Fsp3) is 0. The van der Waals surface area contributed by atoms with Gasteiger partial charge in [0.25, 0.3) is 0 Å². The first-order valence-corrected chi connectivity index (χ1v) is 5.55. The van der Waals surface area contributed by atoms with Crippen LogP contribution in [0.25, 0.3) is 11.2 Å². The Bertz CT molecular complexity index is 736. The second kappa shape index (κ2) is 4.73. The van der Waals surface area contributed by atoms with Crippen molar-refractivity contribution in [1.82, 2.24) is 19.9 Å². The van der Waals surface area contributed by atoms with E-state index in [1.165, 1.54) is 6.33 Å². The van der Waals surface area contributed by atoms with Crippen LogP contribution in [0.15, 0.2) is 42.0 Å². The number of nitrogens with zero attached hydrogens (tertiary/aromatic N) is 4. The van der Waals surface area contributed by atoms with E-state index in [0.29, 0.717) is 17.0 Å². The second-order valence-corrected chi connectivity index (χ2v) is 3.79. The van der Waals surface area contributed by atoms with Crippen LogP contribution in [-0.2, 0) is 0 Å². The van der Waals surface area contributed by atoms with Crippen molar-refractivity contribution in [2.45, 2.75) is 0 Å². The summed E-state index contributed by atoms with van der Waals surface area (Å²) in [6.45, 7) is 0. The molecule has 94 valence electrons. The van der Waals surface area contributed by atoms with Gasteiger partial charge in [-0.1, -0.05) is 12.1 Å². The number of fused-ring (bicyclic) bond motifs is 1. The van der Waals surface area contributed by atoms with Gasteiger partial charge in [0.05, 0.1) is 12.5 Å². The third kappa shape index (κ3) is 2.34. The molecule has 0 aliphatic carbocycles. The standard InChI is InChI=1S/C12H10N6O/c19-9-3-1-2-8(4-9)5-17-18-12-10-11(14-6-13-10)15-7-16-12/h1-7,19H,(H2,13,14,15,16,18)/b17-5-. The second-order valence-electron chi connectivity index (χ2n) is 3.79. The van der Waals surface area contributed by atoms with Crippen molar-refractivity contribution < 1.29 is 5.11 Å². The monoisotopic (exact) mass is 254 g/mol. The Morgan fingerprint density at radius 1 is 1.26 bits per heavy atom. The van der Waals surface area contributed by atoms with E-state index < -0.39 is 0 Å². The molecule has 0 radical (unpaired) electrons. The number of aromatic nitrogens is 4. The van der Waals surface area contributed by atoms with Crippen molar-refractivity contribution in [2.24, 2.45) is 5.10 Å². The zero-order valence-corrected chi connectivity index (χ0v) is 9.78. The molecule has 19 heavy (non-hydrogen) atoms. The summed E-state index contributed by atoms with van der Waals surface area (Å²) in [4.78, 5) is 15.0. The minimum Gasteiger partial charge on any atom is -0.508 e. The van der Waals surface area contributed by atoms with Crippen molar-refractivity contribution >= 4 is 23.2 Å². The predicted octanol–water partition coefficient (Wildman–Crippen LogP) is 1.50. The number of phenolic OH excluding ortho intramolecular Hbond substituents is 1. The van der Waals surface area contributed by atoms with E-state index >= 15 is 0 Å². The average molecular weight is 254 g/mol. The number of aromatic amines is 1. The highest BCUT2D eigenvalue weighted by Crippen LogP contribution is 2.14. The fourth-order valence-electron chi connectivity index (χ4n) is 1.62. The Balaban J connectivity index is 1.81. The van der Waals surface area contributed by atoms with E-state index in [4.69, 9.17) is 0 Å². The molecule has 0 bridgehead atoms. The van der Waals surface area contributed by atoms with Crippen LogP contribution in [0.1, 0.15) is 5.56 Å². The van der Waals surface area contributed by atoms with Crippen molar-refractivity contribution in [3.8, 4) is 5.75 Å². The molecule has 7 nitrogen and oxygen atoms in total. The minimum absolute atomic E-state index is 0.196. The minimum atomic E-state index is 0.196. The molecule has 2 aromatic heterocycles. The van der Waals surface area contributed by atoms with Gasteiger partial charge in [-0.3, -0.25) is 5.43 Å². The van der Waals surface area contributed by atoms with Crippen LogP contribution in [0.2, 0.25) is 0 Å². The maximum absolute atomic E-state index is 9.33. The molecule has 0 amide bonds. The molecule has 2 heterocycles. The van der Waals surface area contributed by atoms with Crippen molar-refractivity contribution in [3.63, 3.8) is 0 Å². The van der Waals surface area contributed by atoms with Crippen molar-refractivity contribution in [3.05, 3.63) is 42.5 Å². The van der Waals surface area contributed by atoms with E-state index in [0.717, 1.165) is 5.56 Å². The van der Waals surface area contributed by atoms with Crippen LogP contribution in [0.4, 0.5) is 5.82 Å². The van der Waals surface area contributed by atoms with Gasteiger partial charge in [0, 0.05) is 0 Å². The maximum Gasteiger partial charge on any atom is 0.182 e. The summed E-state index contributed by atoms with van der Waals surface area (Å²) in [5, 5.41) is 13.4. The smallest absolute Gasteiger partial charge is 0.182 e. The quantitative estimate of drug-likeness (QED) is 0.486. The van der Waals surface area contributed by atoms with E-state index in [1.54, 1.807) is 30.7 Å². The third-order valence-electron chi connectivity index (χ3n) is 2.48. The zero-order chi connectivity index (χ0) is 13.1. The SMILES string of the molecule is Oc1cccc(/C=N\Nc2ncnc3nc[nH]c23)c1. The lowest BCUT2D eigenvalue weighted by Gasteiger charge is -1.99. The Kier molecular flexibility index (Phi) is 2.77. The summed E-state index contributed by atoms with van der Waals surface area (Å²) >= 11 is 0. The van der Waals surface area contributed by atoms with Gasteiger partial charge in [0.15, 0.2) is 11.5 Å². The number of rotatable bonds is 3. The van der Waals surface area contributed by atoms with Gasteiger partial charge >= 0.3 is 0 Å². The van der Waals surface area contributed by atoms with Gasteiger partial charge in [-0.25, -0.2) is 15.0 Å². The summed E-state index contributed by atoms with van der Waals surface area (Å²) in [7, 11) is 0. The number of benzene rings is 1. The summed E-state index contributed by atoms with van der Waals surface area (Å²) in [6, 6.07) is 6.78. The Morgan fingerprint density at radius 2 is 2.21 bits per heavy atom. The molecule has 3 aromatic rings. The molecule has 0 aliphatic heterocycles. The fourth-order valence-corrected chi connectivity index (χ4v) is 1.62. The lowest BCUT2D eigenvalue weighted by atomic mass is 10.2. The van der Waals surface area contributed by atoms with Gasteiger partial charge in [0.1, 0.15) is 17.6 Å². The molecule has 0 atom stereocenters. The highest BCUT2D eigenvalue weighted by molar-refractivity contribution is 5.84. The van der Waals surface area contributed by atoms with E-state index in [2.05, 4.69) is 30.5 Å².